The van der Waals surface area contributed by atoms with Crippen LogP contribution in [0.25, 0.3) is 0 Å². The second-order valence-electron chi connectivity index (χ2n) is 10.9. The molecule has 2 N–H and O–H groups in total. The monoisotopic (exact) mass is 552 g/mol. The minimum absolute atomic E-state index is 0.146. The van der Waals surface area contributed by atoms with Crippen molar-refractivity contribution in [1.29, 1.82) is 0 Å². The number of carbonyl (C=O) groups excluding carboxylic acids is 1. The van der Waals surface area contributed by atoms with Crippen molar-refractivity contribution in [3.05, 3.63) is 58.7 Å². The zero-order valence-corrected chi connectivity index (χ0v) is 24.5. The van der Waals surface area contributed by atoms with E-state index in [0.29, 0.717) is 38.6 Å². The molecule has 2 aliphatic rings. The van der Waals surface area contributed by atoms with Crippen molar-refractivity contribution < 1.29 is 28.9 Å². The third kappa shape index (κ3) is 6.38. The lowest BCUT2D eigenvalue weighted by molar-refractivity contribution is -0.148. The predicted molar refractivity (Wildman–Crippen MR) is 154 cm³/mol. The molecule has 4 rings (SSSR count). The maximum atomic E-state index is 13.8. The molecule has 2 aliphatic carbocycles. The van der Waals surface area contributed by atoms with Crippen LogP contribution >= 0.6 is 0 Å². The number of carboxylic acid groups (broad SMARTS) is 1. The second-order valence-corrected chi connectivity index (χ2v) is 10.9. The van der Waals surface area contributed by atoms with Gasteiger partial charge in [0.1, 0.15) is 17.0 Å². The SMILES string of the molecule is CCOc1cc([C@@H](C)N(CCO[C@@H](C)c2ccccc2)C(=O)NC2(C(=O)O)CCC2)c(C)c(OCC)c1C1CC1. The van der Waals surface area contributed by atoms with Crippen LogP contribution in [0.5, 0.6) is 11.5 Å². The number of ether oxygens (including phenoxy) is 3. The number of nitrogens with zero attached hydrogens (tertiary/aromatic N) is 1. The summed E-state index contributed by atoms with van der Waals surface area (Å²) in [6, 6.07) is 11.2. The smallest absolute Gasteiger partial charge is 0.329 e. The number of amides is 2. The first-order valence-corrected chi connectivity index (χ1v) is 14.6. The lowest BCUT2D eigenvalue weighted by Gasteiger charge is -2.41. The number of rotatable bonds is 14. The number of benzene rings is 2. The van der Waals surface area contributed by atoms with Gasteiger partial charge in [-0.1, -0.05) is 30.3 Å². The third-order valence-corrected chi connectivity index (χ3v) is 8.25. The molecule has 2 aromatic carbocycles. The van der Waals surface area contributed by atoms with E-state index in [2.05, 4.69) is 5.32 Å². The first kappa shape index (κ1) is 29.7. The topological polar surface area (TPSA) is 97.3 Å². The fraction of sp³-hybridized carbons (Fsp3) is 0.562. The molecule has 2 fully saturated rings. The van der Waals surface area contributed by atoms with Gasteiger partial charge >= 0.3 is 12.0 Å². The molecule has 2 amide bonds. The first-order valence-electron chi connectivity index (χ1n) is 14.6. The fourth-order valence-electron chi connectivity index (χ4n) is 5.56. The second kappa shape index (κ2) is 12.9. The predicted octanol–water partition coefficient (Wildman–Crippen LogP) is 6.53. The average Bonchev–Trinajstić information content (AvgIpc) is 3.75. The molecule has 2 saturated carbocycles. The number of urea groups is 1. The van der Waals surface area contributed by atoms with E-state index < -0.39 is 17.5 Å². The van der Waals surface area contributed by atoms with Gasteiger partial charge in [0.25, 0.3) is 0 Å². The Morgan fingerprint density at radius 1 is 1.10 bits per heavy atom. The Labute approximate surface area is 238 Å². The van der Waals surface area contributed by atoms with Crippen molar-refractivity contribution in [3.63, 3.8) is 0 Å². The highest BCUT2D eigenvalue weighted by atomic mass is 16.5. The molecule has 0 heterocycles. The van der Waals surface area contributed by atoms with Gasteiger partial charge in [-0.25, -0.2) is 9.59 Å². The van der Waals surface area contributed by atoms with Gasteiger partial charge in [-0.15, -0.1) is 0 Å². The van der Waals surface area contributed by atoms with Crippen molar-refractivity contribution in [1.82, 2.24) is 10.2 Å². The largest absolute Gasteiger partial charge is 0.493 e. The fourth-order valence-corrected chi connectivity index (χ4v) is 5.56. The van der Waals surface area contributed by atoms with E-state index in [0.717, 1.165) is 53.0 Å². The summed E-state index contributed by atoms with van der Waals surface area (Å²) in [6.07, 6.45) is 3.70. The average molecular weight is 553 g/mol. The Bertz CT molecular complexity index is 1180. The molecule has 8 nitrogen and oxygen atoms in total. The molecule has 2 aromatic rings. The number of carbonyl (C=O) groups is 2. The Hall–Kier alpha value is -3.26. The van der Waals surface area contributed by atoms with Gasteiger partial charge in [0.2, 0.25) is 0 Å². The Morgan fingerprint density at radius 3 is 2.33 bits per heavy atom. The van der Waals surface area contributed by atoms with Crippen LogP contribution in [0.4, 0.5) is 4.79 Å². The Kier molecular flexibility index (Phi) is 9.61. The molecule has 0 saturated heterocycles. The molecule has 0 radical (unpaired) electrons. The summed E-state index contributed by atoms with van der Waals surface area (Å²) in [5.41, 5.74) is 2.85. The van der Waals surface area contributed by atoms with E-state index in [-0.39, 0.29) is 18.7 Å². The van der Waals surface area contributed by atoms with Crippen molar-refractivity contribution in [2.75, 3.05) is 26.4 Å². The molecule has 40 heavy (non-hydrogen) atoms. The molecule has 0 aromatic heterocycles. The van der Waals surface area contributed by atoms with E-state index in [1.165, 1.54) is 0 Å². The highest BCUT2D eigenvalue weighted by Crippen LogP contribution is 2.51. The maximum Gasteiger partial charge on any atom is 0.329 e. The number of nitrogens with one attached hydrogen (secondary N) is 1. The Balaban J connectivity index is 1.64. The first-order chi connectivity index (χ1) is 19.2. The molecule has 0 unspecified atom stereocenters. The number of aliphatic carboxylic acids is 1. The van der Waals surface area contributed by atoms with E-state index in [9.17, 15) is 14.7 Å². The summed E-state index contributed by atoms with van der Waals surface area (Å²) >= 11 is 0. The highest BCUT2D eigenvalue weighted by Gasteiger charge is 2.47. The van der Waals surface area contributed by atoms with Gasteiger partial charge in [0.05, 0.1) is 32.0 Å². The molecule has 0 bridgehead atoms. The van der Waals surface area contributed by atoms with Gasteiger partial charge in [0, 0.05) is 12.1 Å². The maximum absolute atomic E-state index is 13.8. The van der Waals surface area contributed by atoms with E-state index in [1.807, 2.05) is 71.0 Å². The van der Waals surface area contributed by atoms with Crippen LogP contribution in [-0.2, 0) is 9.53 Å². The van der Waals surface area contributed by atoms with Crippen LogP contribution in [-0.4, -0.2) is 53.9 Å². The van der Waals surface area contributed by atoms with Gasteiger partial charge in [-0.3, -0.25) is 0 Å². The summed E-state index contributed by atoms with van der Waals surface area (Å²) in [7, 11) is 0. The zero-order valence-electron chi connectivity index (χ0n) is 24.5. The van der Waals surface area contributed by atoms with Gasteiger partial charge in [-0.05, 0) is 95.4 Å². The Morgan fingerprint density at radius 2 is 1.77 bits per heavy atom. The molecular weight excluding hydrogens is 508 g/mol. The summed E-state index contributed by atoms with van der Waals surface area (Å²) in [5.74, 6) is 1.08. The molecule has 0 spiro atoms. The quantitative estimate of drug-likeness (QED) is 0.277. The summed E-state index contributed by atoms with van der Waals surface area (Å²) in [6.45, 7) is 11.6. The van der Waals surface area contributed by atoms with Crippen molar-refractivity contribution >= 4 is 12.0 Å². The van der Waals surface area contributed by atoms with Gasteiger partial charge in [-0.2, -0.15) is 0 Å². The van der Waals surface area contributed by atoms with Crippen LogP contribution in [0.1, 0.15) is 100 Å². The minimum Gasteiger partial charge on any atom is -0.493 e. The van der Waals surface area contributed by atoms with Gasteiger partial charge < -0.3 is 29.5 Å². The van der Waals surface area contributed by atoms with Crippen molar-refractivity contribution in [2.45, 2.75) is 90.3 Å². The lowest BCUT2D eigenvalue weighted by atomic mass is 9.77. The number of hydrogen-bond donors (Lipinski definition) is 2. The zero-order chi connectivity index (χ0) is 28.9. The van der Waals surface area contributed by atoms with Crippen LogP contribution < -0.4 is 14.8 Å². The summed E-state index contributed by atoms with van der Waals surface area (Å²) < 4.78 is 18.4. The molecule has 218 valence electrons. The van der Waals surface area contributed by atoms with Crippen molar-refractivity contribution in [2.24, 2.45) is 0 Å². The molecule has 2 atom stereocenters. The van der Waals surface area contributed by atoms with Gasteiger partial charge in [0.15, 0.2) is 0 Å². The number of carboxylic acids is 1. The third-order valence-electron chi connectivity index (χ3n) is 8.25. The lowest BCUT2D eigenvalue weighted by Crippen LogP contribution is -2.62. The molecule has 0 aliphatic heterocycles. The summed E-state index contributed by atoms with van der Waals surface area (Å²) in [5, 5.41) is 12.7. The van der Waals surface area contributed by atoms with Crippen molar-refractivity contribution in [3.8, 4) is 11.5 Å². The minimum atomic E-state index is -1.22. The molecular formula is C32H44N2O6. The van der Waals surface area contributed by atoms with Crippen LogP contribution in [0, 0.1) is 6.92 Å². The van der Waals surface area contributed by atoms with Crippen LogP contribution in [0.15, 0.2) is 36.4 Å². The van der Waals surface area contributed by atoms with E-state index >= 15 is 0 Å². The van der Waals surface area contributed by atoms with Crippen LogP contribution in [0.2, 0.25) is 0 Å². The highest BCUT2D eigenvalue weighted by molar-refractivity contribution is 5.87. The van der Waals surface area contributed by atoms with E-state index in [1.54, 1.807) is 4.90 Å². The van der Waals surface area contributed by atoms with E-state index in [4.69, 9.17) is 14.2 Å². The normalized spacial score (nSPS) is 17.3. The molecule has 8 heteroatoms. The number of hydrogen-bond acceptors (Lipinski definition) is 5. The standard InChI is InChI=1S/C32H44N2O6/c1-6-38-27-20-26(21(3)29(39-7-2)28(27)25-14-15-25)22(4)34(31(37)33-32(30(35)36)16-11-17-32)18-19-40-23(5)24-12-9-8-10-13-24/h8-10,12-13,20,22-23,25H,6-7,11,14-19H2,1-5H3,(H,33,37)(H,35,36)/t22-,23+/m1/s1. The summed E-state index contributed by atoms with van der Waals surface area (Å²) in [4.78, 5) is 27.5. The van der Waals surface area contributed by atoms with Crippen LogP contribution in [0.3, 0.4) is 0 Å².